The van der Waals surface area contributed by atoms with Gasteiger partial charge in [0.05, 0.1) is 0 Å². The Labute approximate surface area is 87.4 Å². The van der Waals surface area contributed by atoms with Crippen LogP contribution < -0.4 is 5.32 Å². The number of likely N-dealkylation sites (N-methyl/N-ethyl adjacent to an activating group) is 1. The van der Waals surface area contributed by atoms with Crippen molar-refractivity contribution in [3.63, 3.8) is 0 Å². The van der Waals surface area contributed by atoms with Gasteiger partial charge in [0.25, 0.3) is 0 Å². The molecule has 1 aliphatic carbocycles. The van der Waals surface area contributed by atoms with E-state index >= 15 is 0 Å². The van der Waals surface area contributed by atoms with Gasteiger partial charge >= 0.3 is 0 Å². The van der Waals surface area contributed by atoms with E-state index in [-0.39, 0.29) is 0 Å². The van der Waals surface area contributed by atoms with Gasteiger partial charge in [-0.1, -0.05) is 0 Å². The summed E-state index contributed by atoms with van der Waals surface area (Å²) in [5.41, 5.74) is 0. The summed E-state index contributed by atoms with van der Waals surface area (Å²) in [5.74, 6) is 0. The minimum atomic E-state index is 0.782. The van der Waals surface area contributed by atoms with Crippen LogP contribution in [0.1, 0.15) is 19.3 Å². The van der Waals surface area contributed by atoms with Crippen LogP contribution in [0.15, 0.2) is 0 Å². The van der Waals surface area contributed by atoms with Crippen molar-refractivity contribution >= 4 is 0 Å². The molecule has 3 nitrogen and oxygen atoms in total. The summed E-state index contributed by atoms with van der Waals surface area (Å²) in [4.78, 5) is 4.85. The Morgan fingerprint density at radius 2 is 2.00 bits per heavy atom. The molecule has 2 fully saturated rings. The summed E-state index contributed by atoms with van der Waals surface area (Å²) in [6, 6.07) is 1.65. The van der Waals surface area contributed by atoms with Gasteiger partial charge in [0, 0.05) is 31.7 Å². The zero-order chi connectivity index (χ0) is 9.97. The summed E-state index contributed by atoms with van der Waals surface area (Å²) >= 11 is 0. The highest BCUT2D eigenvalue weighted by molar-refractivity contribution is 4.89. The average Bonchev–Trinajstić information content (AvgIpc) is 2.81. The molecule has 2 rings (SSSR count). The van der Waals surface area contributed by atoms with Crippen molar-refractivity contribution in [2.45, 2.75) is 31.3 Å². The molecule has 3 heteroatoms. The molecule has 1 aliphatic heterocycles. The molecule has 0 amide bonds. The SMILES string of the molecule is CN(C)CCN1CCC(NC2CC2)C1. The first kappa shape index (κ1) is 10.4. The van der Waals surface area contributed by atoms with E-state index in [1.54, 1.807) is 0 Å². The Kier molecular flexibility index (Phi) is 3.42. The van der Waals surface area contributed by atoms with Gasteiger partial charge < -0.3 is 15.1 Å². The monoisotopic (exact) mass is 197 g/mol. The molecule has 0 aromatic carbocycles. The maximum atomic E-state index is 3.72. The number of rotatable bonds is 5. The second-order valence-corrected chi connectivity index (χ2v) is 5.03. The molecule has 0 aromatic heterocycles. The maximum absolute atomic E-state index is 3.72. The van der Waals surface area contributed by atoms with Gasteiger partial charge in [-0.25, -0.2) is 0 Å². The second-order valence-electron chi connectivity index (χ2n) is 5.03. The fourth-order valence-corrected chi connectivity index (χ4v) is 2.10. The minimum Gasteiger partial charge on any atom is -0.310 e. The van der Waals surface area contributed by atoms with Crippen LogP contribution in [0.25, 0.3) is 0 Å². The number of hydrogen-bond acceptors (Lipinski definition) is 3. The van der Waals surface area contributed by atoms with E-state index in [1.165, 1.54) is 45.4 Å². The highest BCUT2D eigenvalue weighted by atomic mass is 15.2. The Morgan fingerprint density at radius 1 is 1.21 bits per heavy atom. The summed E-state index contributed by atoms with van der Waals surface area (Å²) in [6.07, 6.45) is 4.17. The third-order valence-electron chi connectivity index (χ3n) is 3.18. The van der Waals surface area contributed by atoms with E-state index in [9.17, 15) is 0 Å². The Bertz CT molecular complexity index is 177. The van der Waals surface area contributed by atoms with E-state index in [0.29, 0.717) is 0 Å². The first-order valence-electron chi connectivity index (χ1n) is 5.87. The van der Waals surface area contributed by atoms with Gasteiger partial charge in [-0.2, -0.15) is 0 Å². The van der Waals surface area contributed by atoms with Crippen LogP contribution in [0.2, 0.25) is 0 Å². The van der Waals surface area contributed by atoms with Crippen LogP contribution in [-0.4, -0.2) is 62.2 Å². The van der Waals surface area contributed by atoms with Gasteiger partial charge in [-0.15, -0.1) is 0 Å². The smallest absolute Gasteiger partial charge is 0.0209 e. The summed E-state index contributed by atoms with van der Waals surface area (Å²) in [6.45, 7) is 4.98. The van der Waals surface area contributed by atoms with Crippen molar-refractivity contribution in [3.05, 3.63) is 0 Å². The van der Waals surface area contributed by atoms with Gasteiger partial charge in [-0.05, 0) is 39.9 Å². The van der Waals surface area contributed by atoms with Gasteiger partial charge in [0.1, 0.15) is 0 Å². The zero-order valence-electron chi connectivity index (χ0n) is 9.50. The zero-order valence-corrected chi connectivity index (χ0v) is 9.50. The molecule has 1 heterocycles. The van der Waals surface area contributed by atoms with Gasteiger partial charge in [-0.3, -0.25) is 0 Å². The number of nitrogens with one attached hydrogen (secondary N) is 1. The van der Waals surface area contributed by atoms with Crippen LogP contribution in [0.4, 0.5) is 0 Å². The number of nitrogens with zero attached hydrogens (tertiary/aromatic N) is 2. The molecular formula is C11H23N3. The summed E-state index contributed by atoms with van der Waals surface area (Å²) in [7, 11) is 4.30. The molecule has 1 N–H and O–H groups in total. The Morgan fingerprint density at radius 3 is 2.64 bits per heavy atom. The highest BCUT2D eigenvalue weighted by Gasteiger charge is 2.28. The molecule has 82 valence electrons. The van der Waals surface area contributed by atoms with Crippen LogP contribution in [0.5, 0.6) is 0 Å². The minimum absolute atomic E-state index is 0.782. The van der Waals surface area contributed by atoms with Crippen molar-refractivity contribution in [2.24, 2.45) is 0 Å². The molecule has 1 saturated carbocycles. The lowest BCUT2D eigenvalue weighted by Crippen LogP contribution is -2.36. The lowest BCUT2D eigenvalue weighted by Gasteiger charge is -2.18. The van der Waals surface area contributed by atoms with Crippen LogP contribution in [-0.2, 0) is 0 Å². The third-order valence-corrected chi connectivity index (χ3v) is 3.18. The molecular weight excluding hydrogens is 174 g/mol. The van der Waals surface area contributed by atoms with E-state index in [0.717, 1.165) is 12.1 Å². The summed E-state index contributed by atoms with van der Waals surface area (Å²) in [5, 5.41) is 3.72. The fourth-order valence-electron chi connectivity index (χ4n) is 2.10. The van der Waals surface area contributed by atoms with Crippen molar-refractivity contribution in [1.82, 2.24) is 15.1 Å². The quantitative estimate of drug-likeness (QED) is 0.687. The first-order valence-corrected chi connectivity index (χ1v) is 5.87. The van der Waals surface area contributed by atoms with Crippen molar-refractivity contribution < 1.29 is 0 Å². The molecule has 2 aliphatic rings. The van der Waals surface area contributed by atoms with Crippen molar-refractivity contribution in [3.8, 4) is 0 Å². The lowest BCUT2D eigenvalue weighted by molar-refractivity contribution is 0.278. The predicted octanol–water partition coefficient (Wildman–Crippen LogP) is 0.374. The first-order chi connectivity index (χ1) is 6.74. The van der Waals surface area contributed by atoms with Crippen LogP contribution in [0.3, 0.4) is 0 Å². The number of hydrogen-bond donors (Lipinski definition) is 1. The van der Waals surface area contributed by atoms with Crippen molar-refractivity contribution in [2.75, 3.05) is 40.3 Å². The molecule has 0 radical (unpaired) electrons. The van der Waals surface area contributed by atoms with Crippen molar-refractivity contribution in [1.29, 1.82) is 0 Å². The van der Waals surface area contributed by atoms with E-state index in [1.807, 2.05) is 0 Å². The van der Waals surface area contributed by atoms with Crippen LogP contribution in [0, 0.1) is 0 Å². The summed E-state index contributed by atoms with van der Waals surface area (Å²) < 4.78 is 0. The molecule has 1 atom stereocenters. The van der Waals surface area contributed by atoms with Crippen LogP contribution >= 0.6 is 0 Å². The number of likely N-dealkylation sites (tertiary alicyclic amines) is 1. The standard InChI is InChI=1S/C11H23N3/c1-13(2)7-8-14-6-5-11(9-14)12-10-3-4-10/h10-12H,3-9H2,1-2H3. The third kappa shape index (κ3) is 3.23. The molecule has 0 aromatic rings. The topological polar surface area (TPSA) is 18.5 Å². The van der Waals surface area contributed by atoms with E-state index in [2.05, 4.69) is 29.2 Å². The van der Waals surface area contributed by atoms with E-state index < -0.39 is 0 Å². The lowest BCUT2D eigenvalue weighted by atomic mass is 10.2. The molecule has 0 bridgehead atoms. The largest absolute Gasteiger partial charge is 0.310 e. The molecule has 1 saturated heterocycles. The molecule has 1 unspecified atom stereocenters. The van der Waals surface area contributed by atoms with Gasteiger partial charge in [0.15, 0.2) is 0 Å². The van der Waals surface area contributed by atoms with Gasteiger partial charge in [0.2, 0.25) is 0 Å². The maximum Gasteiger partial charge on any atom is 0.0209 e. The average molecular weight is 197 g/mol. The highest BCUT2D eigenvalue weighted by Crippen LogP contribution is 2.21. The second kappa shape index (κ2) is 4.60. The Hall–Kier alpha value is -0.120. The fraction of sp³-hybridized carbons (Fsp3) is 1.00. The molecule has 0 spiro atoms. The predicted molar refractivity (Wildman–Crippen MR) is 59.6 cm³/mol. The van der Waals surface area contributed by atoms with E-state index in [4.69, 9.17) is 0 Å². The molecule has 14 heavy (non-hydrogen) atoms. The Balaban J connectivity index is 1.61. The normalized spacial score (nSPS) is 28.9.